The Hall–Kier alpha value is -0.860. The van der Waals surface area contributed by atoms with Crippen LogP contribution in [-0.2, 0) is 14.3 Å². The van der Waals surface area contributed by atoms with Crippen molar-refractivity contribution in [2.45, 2.75) is 51.4 Å². The second kappa shape index (κ2) is 4.56. The van der Waals surface area contributed by atoms with Gasteiger partial charge >= 0.3 is 5.97 Å². The summed E-state index contributed by atoms with van der Waals surface area (Å²) in [5, 5.41) is 0. The lowest BCUT2D eigenvalue weighted by Crippen LogP contribution is -2.39. The molecule has 3 nitrogen and oxygen atoms in total. The fourth-order valence-corrected chi connectivity index (χ4v) is 3.31. The molecule has 16 heavy (non-hydrogen) atoms. The molecule has 0 bridgehead atoms. The average molecular weight is 224 g/mol. The van der Waals surface area contributed by atoms with Crippen LogP contribution in [0.5, 0.6) is 0 Å². The van der Waals surface area contributed by atoms with E-state index in [0.29, 0.717) is 12.8 Å². The number of Topliss-reactive ketones (excluding diaryl/α,β-unsaturated/α-hetero) is 1. The molecule has 0 aromatic rings. The SMILES string of the molecule is COC(=O)C1CCC2(CCCCC2)CC1=O. The third-order valence-electron chi connectivity index (χ3n) is 4.30. The van der Waals surface area contributed by atoms with E-state index in [1.165, 1.54) is 39.2 Å². The highest BCUT2D eigenvalue weighted by molar-refractivity contribution is 5.99. The Labute approximate surface area is 96.5 Å². The zero-order chi connectivity index (χ0) is 11.6. The fraction of sp³-hybridized carbons (Fsp3) is 0.846. The topological polar surface area (TPSA) is 43.4 Å². The molecule has 0 aromatic heterocycles. The molecule has 2 rings (SSSR count). The van der Waals surface area contributed by atoms with Gasteiger partial charge in [0.25, 0.3) is 0 Å². The molecule has 1 spiro atoms. The molecule has 2 aliphatic carbocycles. The van der Waals surface area contributed by atoms with Crippen molar-refractivity contribution >= 4 is 11.8 Å². The van der Waals surface area contributed by atoms with E-state index in [-0.39, 0.29) is 17.2 Å². The summed E-state index contributed by atoms with van der Waals surface area (Å²) in [6.07, 6.45) is 8.47. The van der Waals surface area contributed by atoms with Gasteiger partial charge in [-0.25, -0.2) is 0 Å². The van der Waals surface area contributed by atoms with E-state index in [0.717, 1.165) is 6.42 Å². The second-order valence-corrected chi connectivity index (χ2v) is 5.32. The minimum Gasteiger partial charge on any atom is -0.468 e. The first-order valence-corrected chi connectivity index (χ1v) is 6.27. The van der Waals surface area contributed by atoms with Crippen LogP contribution in [0.4, 0.5) is 0 Å². The standard InChI is InChI=1S/C13H20O3/c1-16-12(15)10-5-8-13(9-11(10)14)6-3-2-4-7-13/h10H,2-9H2,1H3. The summed E-state index contributed by atoms with van der Waals surface area (Å²) in [5.41, 5.74) is 0.236. The summed E-state index contributed by atoms with van der Waals surface area (Å²) in [6.45, 7) is 0. The van der Waals surface area contributed by atoms with E-state index in [9.17, 15) is 9.59 Å². The van der Waals surface area contributed by atoms with Gasteiger partial charge in [-0.3, -0.25) is 9.59 Å². The van der Waals surface area contributed by atoms with Gasteiger partial charge in [0, 0.05) is 6.42 Å². The smallest absolute Gasteiger partial charge is 0.316 e. The zero-order valence-electron chi connectivity index (χ0n) is 9.96. The maximum Gasteiger partial charge on any atom is 0.316 e. The van der Waals surface area contributed by atoms with Crippen LogP contribution in [0.25, 0.3) is 0 Å². The number of ether oxygens (including phenoxy) is 1. The third-order valence-corrected chi connectivity index (χ3v) is 4.30. The summed E-state index contributed by atoms with van der Waals surface area (Å²) in [4.78, 5) is 23.4. The maximum atomic E-state index is 12.0. The quantitative estimate of drug-likeness (QED) is 0.507. The van der Waals surface area contributed by atoms with E-state index in [1.54, 1.807) is 0 Å². The first-order chi connectivity index (χ1) is 7.67. The number of ketones is 1. The van der Waals surface area contributed by atoms with E-state index in [1.807, 2.05) is 0 Å². The van der Waals surface area contributed by atoms with Crippen LogP contribution in [0, 0.1) is 11.3 Å². The fourth-order valence-electron chi connectivity index (χ4n) is 3.31. The lowest BCUT2D eigenvalue weighted by atomic mass is 9.63. The van der Waals surface area contributed by atoms with Crippen molar-refractivity contribution in [1.82, 2.24) is 0 Å². The van der Waals surface area contributed by atoms with Gasteiger partial charge in [-0.15, -0.1) is 0 Å². The summed E-state index contributed by atoms with van der Waals surface area (Å²) in [7, 11) is 1.36. The molecule has 1 atom stereocenters. The summed E-state index contributed by atoms with van der Waals surface area (Å²) >= 11 is 0. The van der Waals surface area contributed by atoms with E-state index in [2.05, 4.69) is 4.74 Å². The van der Waals surface area contributed by atoms with Crippen LogP contribution in [-0.4, -0.2) is 18.9 Å². The number of rotatable bonds is 1. The molecule has 2 aliphatic rings. The zero-order valence-corrected chi connectivity index (χ0v) is 9.96. The van der Waals surface area contributed by atoms with Crippen LogP contribution >= 0.6 is 0 Å². The summed E-state index contributed by atoms with van der Waals surface area (Å²) < 4.78 is 4.68. The van der Waals surface area contributed by atoms with E-state index in [4.69, 9.17) is 0 Å². The molecule has 90 valence electrons. The van der Waals surface area contributed by atoms with Crippen molar-refractivity contribution in [1.29, 1.82) is 0 Å². The van der Waals surface area contributed by atoms with Crippen molar-refractivity contribution in [3.05, 3.63) is 0 Å². The highest BCUT2D eigenvalue weighted by Crippen LogP contribution is 2.47. The first-order valence-electron chi connectivity index (χ1n) is 6.27. The number of carbonyl (C=O) groups excluding carboxylic acids is 2. The highest BCUT2D eigenvalue weighted by atomic mass is 16.5. The minimum atomic E-state index is -0.474. The molecule has 0 amide bonds. The molecule has 1 unspecified atom stereocenters. The molecule has 0 heterocycles. The lowest BCUT2D eigenvalue weighted by Gasteiger charge is -2.41. The van der Waals surface area contributed by atoms with E-state index >= 15 is 0 Å². The van der Waals surface area contributed by atoms with Crippen molar-refractivity contribution in [3.63, 3.8) is 0 Å². The van der Waals surface area contributed by atoms with Crippen LogP contribution in [0.1, 0.15) is 51.4 Å². The Morgan fingerprint density at radius 3 is 2.50 bits per heavy atom. The average Bonchev–Trinajstić information content (AvgIpc) is 2.29. The van der Waals surface area contributed by atoms with Crippen molar-refractivity contribution in [3.8, 4) is 0 Å². The van der Waals surface area contributed by atoms with Crippen molar-refractivity contribution < 1.29 is 14.3 Å². The summed E-state index contributed by atoms with van der Waals surface area (Å²) in [6, 6.07) is 0. The van der Waals surface area contributed by atoms with Crippen molar-refractivity contribution in [2.75, 3.05) is 7.11 Å². The predicted octanol–water partition coefficient (Wildman–Crippen LogP) is 2.48. The number of hydrogen-bond acceptors (Lipinski definition) is 3. The minimum absolute atomic E-state index is 0.111. The summed E-state index contributed by atoms with van der Waals surface area (Å²) in [5.74, 6) is -0.701. The Morgan fingerprint density at radius 2 is 1.94 bits per heavy atom. The second-order valence-electron chi connectivity index (χ2n) is 5.32. The number of methoxy groups -OCH3 is 1. The molecule has 0 radical (unpaired) electrons. The van der Waals surface area contributed by atoms with Gasteiger partial charge in [0.2, 0.25) is 0 Å². The molecule has 0 saturated heterocycles. The lowest BCUT2D eigenvalue weighted by molar-refractivity contribution is -0.152. The van der Waals surface area contributed by atoms with Gasteiger partial charge in [-0.05, 0) is 31.1 Å². The Bertz CT molecular complexity index is 290. The molecule has 0 aliphatic heterocycles. The van der Waals surface area contributed by atoms with Gasteiger partial charge in [-0.1, -0.05) is 19.3 Å². The normalized spacial score (nSPS) is 29.1. The van der Waals surface area contributed by atoms with Gasteiger partial charge in [0.05, 0.1) is 7.11 Å². The van der Waals surface area contributed by atoms with Crippen LogP contribution in [0.3, 0.4) is 0 Å². The molecule has 2 fully saturated rings. The highest BCUT2D eigenvalue weighted by Gasteiger charge is 2.43. The van der Waals surface area contributed by atoms with Crippen molar-refractivity contribution in [2.24, 2.45) is 11.3 Å². The first kappa shape index (κ1) is 11.6. The Balaban J connectivity index is 2.01. The molecule has 0 aromatic carbocycles. The van der Waals surface area contributed by atoms with Gasteiger partial charge in [0.1, 0.15) is 11.7 Å². The Kier molecular flexibility index (Phi) is 3.31. The van der Waals surface area contributed by atoms with Crippen LogP contribution in [0.15, 0.2) is 0 Å². The van der Waals surface area contributed by atoms with Crippen LogP contribution in [0.2, 0.25) is 0 Å². The molecule has 0 N–H and O–H groups in total. The van der Waals surface area contributed by atoms with E-state index < -0.39 is 5.92 Å². The number of carbonyl (C=O) groups is 2. The number of esters is 1. The molecule has 2 saturated carbocycles. The van der Waals surface area contributed by atoms with Gasteiger partial charge in [-0.2, -0.15) is 0 Å². The monoisotopic (exact) mass is 224 g/mol. The number of hydrogen-bond donors (Lipinski definition) is 0. The third kappa shape index (κ3) is 2.13. The van der Waals surface area contributed by atoms with Crippen LogP contribution < -0.4 is 0 Å². The molecule has 3 heteroatoms. The predicted molar refractivity (Wildman–Crippen MR) is 59.9 cm³/mol. The molecular formula is C13H20O3. The van der Waals surface area contributed by atoms with Gasteiger partial charge < -0.3 is 4.74 Å². The Morgan fingerprint density at radius 1 is 1.25 bits per heavy atom. The van der Waals surface area contributed by atoms with Gasteiger partial charge in [0.15, 0.2) is 0 Å². The largest absolute Gasteiger partial charge is 0.468 e. The molecular weight excluding hydrogens is 204 g/mol. The maximum absolute atomic E-state index is 12.0.